The van der Waals surface area contributed by atoms with Gasteiger partial charge in [0.25, 0.3) is 5.91 Å². The number of likely N-dealkylation sites (tertiary alicyclic amines) is 1. The average Bonchev–Trinajstić information content (AvgIpc) is 3.36. The van der Waals surface area contributed by atoms with Gasteiger partial charge in [0.1, 0.15) is 6.61 Å². The van der Waals surface area contributed by atoms with E-state index in [1.807, 2.05) is 23.6 Å². The van der Waals surface area contributed by atoms with E-state index in [-0.39, 0.29) is 17.7 Å². The Balaban J connectivity index is 1.60. The van der Waals surface area contributed by atoms with Crippen molar-refractivity contribution in [1.82, 2.24) is 9.80 Å². The SMILES string of the molecule is CCN(CC)CCOc1cc(NC(=O)C2CCCN(C(=O)c3cccs3)C2)ccc1OC. The Bertz CT molecular complexity index is 883. The van der Waals surface area contributed by atoms with Crippen molar-refractivity contribution in [2.45, 2.75) is 26.7 Å². The van der Waals surface area contributed by atoms with Crippen molar-refractivity contribution in [3.8, 4) is 11.5 Å². The van der Waals surface area contributed by atoms with Crippen LogP contribution in [0.25, 0.3) is 0 Å². The van der Waals surface area contributed by atoms with Crippen LogP contribution in [-0.4, -0.2) is 68.1 Å². The predicted octanol–water partition coefficient (Wildman–Crippen LogP) is 3.97. The maximum atomic E-state index is 12.9. The predicted molar refractivity (Wildman–Crippen MR) is 128 cm³/mol. The zero-order valence-electron chi connectivity index (χ0n) is 19.1. The first-order valence-corrected chi connectivity index (χ1v) is 12.1. The number of nitrogens with one attached hydrogen (secondary N) is 1. The second-order valence-electron chi connectivity index (χ2n) is 7.80. The van der Waals surface area contributed by atoms with Crippen molar-refractivity contribution in [2.24, 2.45) is 5.92 Å². The molecule has 1 aliphatic rings. The molecule has 7 nitrogen and oxygen atoms in total. The number of piperidine rings is 1. The molecule has 1 fully saturated rings. The molecule has 3 rings (SSSR count). The lowest BCUT2D eigenvalue weighted by Crippen LogP contribution is -2.43. The van der Waals surface area contributed by atoms with Gasteiger partial charge in [0.2, 0.25) is 5.91 Å². The summed E-state index contributed by atoms with van der Waals surface area (Å²) in [6.45, 7) is 8.68. The summed E-state index contributed by atoms with van der Waals surface area (Å²) in [5.74, 6) is 0.934. The minimum Gasteiger partial charge on any atom is -0.493 e. The summed E-state index contributed by atoms with van der Waals surface area (Å²) in [5.41, 5.74) is 0.662. The summed E-state index contributed by atoms with van der Waals surface area (Å²) in [6.07, 6.45) is 1.58. The molecule has 8 heteroatoms. The fourth-order valence-electron chi connectivity index (χ4n) is 3.87. The van der Waals surface area contributed by atoms with E-state index in [4.69, 9.17) is 9.47 Å². The molecule has 2 heterocycles. The zero-order valence-corrected chi connectivity index (χ0v) is 20.0. The quantitative estimate of drug-likeness (QED) is 0.582. The Kier molecular flexibility index (Phi) is 8.93. The molecule has 174 valence electrons. The van der Waals surface area contributed by atoms with Crippen molar-refractivity contribution in [3.63, 3.8) is 0 Å². The van der Waals surface area contributed by atoms with Crippen LogP contribution in [0.2, 0.25) is 0 Å². The number of rotatable bonds is 10. The molecule has 0 saturated carbocycles. The highest BCUT2D eigenvalue weighted by Crippen LogP contribution is 2.31. The van der Waals surface area contributed by atoms with E-state index in [0.29, 0.717) is 41.8 Å². The van der Waals surface area contributed by atoms with E-state index < -0.39 is 0 Å². The van der Waals surface area contributed by atoms with E-state index in [9.17, 15) is 9.59 Å². The molecule has 0 bridgehead atoms. The zero-order chi connectivity index (χ0) is 22.9. The first-order valence-electron chi connectivity index (χ1n) is 11.2. The molecule has 1 unspecified atom stereocenters. The van der Waals surface area contributed by atoms with Crippen molar-refractivity contribution in [2.75, 3.05) is 51.8 Å². The molecular weight excluding hydrogens is 426 g/mol. The number of benzene rings is 1. The van der Waals surface area contributed by atoms with E-state index >= 15 is 0 Å². The number of hydrogen-bond donors (Lipinski definition) is 1. The van der Waals surface area contributed by atoms with Crippen molar-refractivity contribution < 1.29 is 19.1 Å². The number of amides is 2. The number of carbonyl (C=O) groups is 2. The van der Waals surface area contributed by atoms with Crippen molar-refractivity contribution in [1.29, 1.82) is 0 Å². The molecule has 1 aromatic heterocycles. The van der Waals surface area contributed by atoms with Gasteiger partial charge in [0.05, 0.1) is 17.9 Å². The van der Waals surface area contributed by atoms with Crippen LogP contribution in [0.4, 0.5) is 5.69 Å². The minimum absolute atomic E-state index is 0.00540. The number of methoxy groups -OCH3 is 1. The normalized spacial score (nSPS) is 16.1. The lowest BCUT2D eigenvalue weighted by atomic mass is 9.97. The third-order valence-corrected chi connectivity index (χ3v) is 6.66. The Hall–Kier alpha value is -2.58. The van der Waals surface area contributed by atoms with Gasteiger partial charge in [-0.25, -0.2) is 0 Å². The first kappa shape index (κ1) is 24.1. The van der Waals surface area contributed by atoms with Gasteiger partial charge in [0, 0.05) is 31.4 Å². The molecule has 0 aliphatic carbocycles. The summed E-state index contributed by atoms with van der Waals surface area (Å²) in [4.78, 5) is 30.4. The van der Waals surface area contributed by atoms with Crippen LogP contribution in [-0.2, 0) is 4.79 Å². The van der Waals surface area contributed by atoms with Crippen molar-refractivity contribution in [3.05, 3.63) is 40.6 Å². The van der Waals surface area contributed by atoms with Crippen LogP contribution in [0.1, 0.15) is 36.4 Å². The van der Waals surface area contributed by atoms with Gasteiger partial charge in [-0.1, -0.05) is 19.9 Å². The molecule has 2 aromatic rings. The molecule has 0 spiro atoms. The highest BCUT2D eigenvalue weighted by atomic mass is 32.1. The minimum atomic E-state index is -0.234. The van der Waals surface area contributed by atoms with Gasteiger partial charge in [-0.2, -0.15) is 0 Å². The van der Waals surface area contributed by atoms with Crippen LogP contribution < -0.4 is 14.8 Å². The lowest BCUT2D eigenvalue weighted by Gasteiger charge is -2.31. The number of hydrogen-bond acceptors (Lipinski definition) is 6. The third-order valence-electron chi connectivity index (χ3n) is 5.80. The Morgan fingerprint density at radius 2 is 2.03 bits per heavy atom. The molecule has 1 atom stereocenters. The van der Waals surface area contributed by atoms with E-state index in [2.05, 4.69) is 24.1 Å². The molecule has 32 heavy (non-hydrogen) atoms. The van der Waals surface area contributed by atoms with Crippen LogP contribution >= 0.6 is 11.3 Å². The van der Waals surface area contributed by atoms with Gasteiger partial charge >= 0.3 is 0 Å². The van der Waals surface area contributed by atoms with Gasteiger partial charge in [-0.15, -0.1) is 11.3 Å². The summed E-state index contributed by atoms with van der Waals surface area (Å²) in [5, 5.41) is 4.89. The van der Waals surface area contributed by atoms with E-state index in [1.54, 1.807) is 24.1 Å². The number of thiophene rings is 1. The summed E-state index contributed by atoms with van der Waals surface area (Å²) in [6, 6.07) is 9.12. The van der Waals surface area contributed by atoms with Gasteiger partial charge < -0.3 is 24.6 Å². The number of ether oxygens (including phenoxy) is 2. The Labute approximate surface area is 194 Å². The molecule has 1 N–H and O–H groups in total. The summed E-state index contributed by atoms with van der Waals surface area (Å²) < 4.78 is 11.4. The van der Waals surface area contributed by atoms with Crippen molar-refractivity contribution >= 4 is 28.8 Å². The molecule has 1 aliphatic heterocycles. The topological polar surface area (TPSA) is 71.1 Å². The molecule has 0 radical (unpaired) electrons. The van der Waals surface area contributed by atoms with E-state index in [0.717, 1.165) is 32.5 Å². The van der Waals surface area contributed by atoms with Crippen LogP contribution in [0.3, 0.4) is 0 Å². The second-order valence-corrected chi connectivity index (χ2v) is 8.75. The molecule has 1 saturated heterocycles. The fourth-order valence-corrected chi connectivity index (χ4v) is 4.56. The number of nitrogens with zero attached hydrogens (tertiary/aromatic N) is 2. The average molecular weight is 460 g/mol. The smallest absolute Gasteiger partial charge is 0.263 e. The lowest BCUT2D eigenvalue weighted by molar-refractivity contribution is -0.121. The standard InChI is InChI=1S/C24H33N3O4S/c1-4-26(5-2)13-14-31-21-16-19(10-11-20(21)30-3)25-23(28)18-8-6-12-27(17-18)24(29)22-9-7-15-32-22/h7,9-11,15-16,18H,4-6,8,12-14,17H2,1-3H3,(H,25,28). The summed E-state index contributed by atoms with van der Waals surface area (Å²) in [7, 11) is 1.60. The second kappa shape index (κ2) is 11.9. The Morgan fingerprint density at radius 1 is 1.22 bits per heavy atom. The van der Waals surface area contributed by atoms with E-state index in [1.165, 1.54) is 11.3 Å². The molecular formula is C24H33N3O4S. The number of carbonyl (C=O) groups excluding carboxylic acids is 2. The summed E-state index contributed by atoms with van der Waals surface area (Å²) >= 11 is 1.43. The van der Waals surface area contributed by atoms with Gasteiger partial charge in [-0.3, -0.25) is 9.59 Å². The number of anilines is 1. The maximum absolute atomic E-state index is 12.9. The van der Waals surface area contributed by atoms with Crippen LogP contribution in [0, 0.1) is 5.92 Å². The fraction of sp³-hybridized carbons (Fsp3) is 0.500. The Morgan fingerprint density at radius 3 is 2.72 bits per heavy atom. The van der Waals surface area contributed by atoms with Gasteiger partial charge in [0.15, 0.2) is 11.5 Å². The first-order chi connectivity index (χ1) is 15.5. The molecule has 2 amide bonds. The maximum Gasteiger partial charge on any atom is 0.263 e. The number of likely N-dealkylation sites (N-methyl/N-ethyl adjacent to an activating group) is 1. The monoisotopic (exact) mass is 459 g/mol. The van der Waals surface area contributed by atoms with Gasteiger partial charge in [-0.05, 0) is 49.5 Å². The van der Waals surface area contributed by atoms with Crippen LogP contribution in [0.5, 0.6) is 11.5 Å². The highest BCUT2D eigenvalue weighted by molar-refractivity contribution is 7.12. The highest BCUT2D eigenvalue weighted by Gasteiger charge is 2.29. The third kappa shape index (κ3) is 6.23. The van der Waals surface area contributed by atoms with Crippen LogP contribution in [0.15, 0.2) is 35.7 Å². The molecule has 1 aromatic carbocycles. The largest absolute Gasteiger partial charge is 0.493 e.